The zero-order chi connectivity index (χ0) is 13.4. The van der Waals surface area contributed by atoms with Crippen LogP contribution in [0.3, 0.4) is 0 Å². The number of rotatable bonds is 1. The molecule has 1 aliphatic rings. The number of benzene rings is 2. The van der Waals surface area contributed by atoms with Gasteiger partial charge in [-0.25, -0.2) is 4.39 Å². The summed E-state index contributed by atoms with van der Waals surface area (Å²) >= 11 is 0. The van der Waals surface area contributed by atoms with Crippen molar-refractivity contribution < 1.29 is 4.39 Å². The molecule has 0 bridgehead atoms. The maximum absolute atomic E-state index is 13.8. The highest BCUT2D eigenvalue weighted by Crippen LogP contribution is 2.38. The van der Waals surface area contributed by atoms with Crippen LogP contribution in [0.15, 0.2) is 42.5 Å². The number of fused-ring (bicyclic) bond motifs is 1. The van der Waals surface area contributed by atoms with Crippen LogP contribution in [-0.2, 0) is 0 Å². The normalized spacial score (nSPS) is 21.6. The molecule has 2 aromatic carbocycles. The number of halogens is 1. The average molecular weight is 255 g/mol. The van der Waals surface area contributed by atoms with Crippen LogP contribution < -0.4 is 5.32 Å². The third kappa shape index (κ3) is 2.23. The van der Waals surface area contributed by atoms with E-state index < -0.39 is 0 Å². The summed E-state index contributed by atoms with van der Waals surface area (Å²) in [6.07, 6.45) is 1.000. The summed E-state index contributed by atoms with van der Waals surface area (Å²) in [6, 6.07) is 14.3. The van der Waals surface area contributed by atoms with E-state index in [1.807, 2.05) is 18.2 Å². The van der Waals surface area contributed by atoms with Gasteiger partial charge in [0.15, 0.2) is 0 Å². The van der Waals surface area contributed by atoms with E-state index in [9.17, 15) is 4.39 Å². The quantitative estimate of drug-likeness (QED) is 0.792. The summed E-state index contributed by atoms with van der Waals surface area (Å²) in [6.45, 7) is 3.98. The molecule has 1 heterocycles. The molecular weight excluding hydrogens is 237 g/mol. The number of nitrogens with one attached hydrogen (secondary N) is 1. The van der Waals surface area contributed by atoms with Crippen molar-refractivity contribution in [1.82, 2.24) is 0 Å². The molecular formula is C17H18FN. The van der Waals surface area contributed by atoms with Gasteiger partial charge in [-0.2, -0.15) is 0 Å². The Kier molecular flexibility index (Phi) is 3.02. The lowest BCUT2D eigenvalue weighted by molar-refractivity contribution is 0.593. The van der Waals surface area contributed by atoms with E-state index in [4.69, 9.17) is 0 Å². The van der Waals surface area contributed by atoms with Crippen LogP contribution in [0, 0.1) is 12.7 Å². The van der Waals surface area contributed by atoms with Gasteiger partial charge >= 0.3 is 0 Å². The monoisotopic (exact) mass is 255 g/mol. The van der Waals surface area contributed by atoms with Crippen molar-refractivity contribution in [3.05, 3.63) is 65.0 Å². The third-order valence-electron chi connectivity index (χ3n) is 3.93. The van der Waals surface area contributed by atoms with Crippen molar-refractivity contribution in [2.75, 3.05) is 5.32 Å². The first-order chi connectivity index (χ1) is 9.15. The molecule has 98 valence electrons. The predicted octanol–water partition coefficient (Wildman–Crippen LogP) is 4.47. The van der Waals surface area contributed by atoms with Crippen LogP contribution in [0.4, 0.5) is 10.1 Å². The molecule has 0 spiro atoms. The predicted molar refractivity (Wildman–Crippen MR) is 77.1 cm³/mol. The fraction of sp³-hybridized carbons (Fsp3) is 0.294. The van der Waals surface area contributed by atoms with Crippen LogP contribution in [0.1, 0.15) is 36.0 Å². The highest BCUT2D eigenvalue weighted by molar-refractivity contribution is 5.58. The number of hydrogen-bond acceptors (Lipinski definition) is 1. The Bertz CT molecular complexity index is 606. The standard InChI is InChI=1S/C17H18FN/c1-11-7-8-13(10-16(11)18)15-9-12(2)19-17-6-4-3-5-14(15)17/h3-8,10,12,15,19H,9H2,1-2H3. The molecule has 1 N–H and O–H groups in total. The summed E-state index contributed by atoms with van der Waals surface area (Å²) in [4.78, 5) is 0. The van der Waals surface area contributed by atoms with Crippen LogP contribution in [0.5, 0.6) is 0 Å². The van der Waals surface area contributed by atoms with Gasteiger partial charge in [0.2, 0.25) is 0 Å². The maximum Gasteiger partial charge on any atom is 0.126 e. The first-order valence-electron chi connectivity index (χ1n) is 6.76. The van der Waals surface area contributed by atoms with Gasteiger partial charge in [0.05, 0.1) is 0 Å². The fourth-order valence-electron chi connectivity index (χ4n) is 2.88. The van der Waals surface area contributed by atoms with Crippen molar-refractivity contribution in [3.63, 3.8) is 0 Å². The lowest BCUT2D eigenvalue weighted by atomic mass is 9.82. The molecule has 0 radical (unpaired) electrons. The van der Waals surface area contributed by atoms with Gasteiger partial charge in [-0.1, -0.05) is 30.3 Å². The average Bonchev–Trinajstić information content (AvgIpc) is 2.41. The van der Waals surface area contributed by atoms with Gasteiger partial charge in [0, 0.05) is 17.6 Å². The fourth-order valence-corrected chi connectivity index (χ4v) is 2.88. The second kappa shape index (κ2) is 4.69. The summed E-state index contributed by atoms with van der Waals surface area (Å²) in [5.41, 5.74) is 4.22. The maximum atomic E-state index is 13.8. The van der Waals surface area contributed by atoms with E-state index >= 15 is 0 Å². The van der Waals surface area contributed by atoms with Gasteiger partial charge in [0.25, 0.3) is 0 Å². The lowest BCUT2D eigenvalue weighted by Crippen LogP contribution is -2.25. The summed E-state index contributed by atoms with van der Waals surface area (Å²) in [5, 5.41) is 3.49. The Morgan fingerprint density at radius 1 is 1.16 bits per heavy atom. The Morgan fingerprint density at radius 2 is 1.95 bits per heavy atom. The summed E-state index contributed by atoms with van der Waals surface area (Å²) < 4.78 is 13.8. The second-order valence-corrected chi connectivity index (χ2v) is 5.43. The second-order valence-electron chi connectivity index (χ2n) is 5.43. The van der Waals surface area contributed by atoms with E-state index in [2.05, 4.69) is 30.4 Å². The molecule has 2 unspecified atom stereocenters. The van der Waals surface area contributed by atoms with E-state index in [-0.39, 0.29) is 11.7 Å². The summed E-state index contributed by atoms with van der Waals surface area (Å²) in [5.74, 6) is 0.170. The summed E-state index contributed by atoms with van der Waals surface area (Å²) in [7, 11) is 0. The molecule has 2 aromatic rings. The topological polar surface area (TPSA) is 12.0 Å². The van der Waals surface area contributed by atoms with Crippen LogP contribution >= 0.6 is 0 Å². The Morgan fingerprint density at radius 3 is 2.74 bits per heavy atom. The molecule has 0 amide bonds. The molecule has 0 saturated heterocycles. The Labute approximate surface area is 113 Å². The van der Waals surface area contributed by atoms with Crippen molar-refractivity contribution in [1.29, 1.82) is 0 Å². The molecule has 0 aromatic heterocycles. The zero-order valence-corrected chi connectivity index (χ0v) is 11.3. The first kappa shape index (κ1) is 12.2. The third-order valence-corrected chi connectivity index (χ3v) is 3.93. The molecule has 2 atom stereocenters. The lowest BCUT2D eigenvalue weighted by Gasteiger charge is -2.31. The molecule has 2 heteroatoms. The van der Waals surface area contributed by atoms with Crippen molar-refractivity contribution in [2.45, 2.75) is 32.2 Å². The molecule has 0 aliphatic carbocycles. The van der Waals surface area contributed by atoms with Crippen LogP contribution in [0.25, 0.3) is 0 Å². The number of anilines is 1. The minimum atomic E-state index is -0.110. The molecule has 19 heavy (non-hydrogen) atoms. The number of hydrogen-bond donors (Lipinski definition) is 1. The van der Waals surface area contributed by atoms with Crippen molar-refractivity contribution in [2.24, 2.45) is 0 Å². The molecule has 1 nitrogen and oxygen atoms in total. The van der Waals surface area contributed by atoms with Crippen molar-refractivity contribution in [3.8, 4) is 0 Å². The van der Waals surface area contributed by atoms with Gasteiger partial charge < -0.3 is 5.32 Å². The van der Waals surface area contributed by atoms with E-state index in [0.717, 1.165) is 12.0 Å². The zero-order valence-electron chi connectivity index (χ0n) is 11.3. The SMILES string of the molecule is Cc1ccc(C2CC(C)Nc3ccccc32)cc1F. The Balaban J connectivity index is 2.07. The molecule has 3 rings (SSSR count). The largest absolute Gasteiger partial charge is 0.382 e. The van der Waals surface area contributed by atoms with Gasteiger partial charge in [-0.3, -0.25) is 0 Å². The van der Waals surface area contributed by atoms with Gasteiger partial charge in [0.1, 0.15) is 5.82 Å². The molecule has 1 aliphatic heterocycles. The van der Waals surface area contributed by atoms with Gasteiger partial charge in [-0.15, -0.1) is 0 Å². The molecule has 0 fully saturated rings. The smallest absolute Gasteiger partial charge is 0.126 e. The highest BCUT2D eigenvalue weighted by Gasteiger charge is 2.25. The van der Waals surface area contributed by atoms with Crippen LogP contribution in [-0.4, -0.2) is 6.04 Å². The first-order valence-corrected chi connectivity index (χ1v) is 6.76. The minimum absolute atomic E-state index is 0.110. The van der Waals surface area contributed by atoms with Gasteiger partial charge in [-0.05, 0) is 49.1 Å². The van der Waals surface area contributed by atoms with E-state index in [1.54, 1.807) is 13.0 Å². The van der Waals surface area contributed by atoms with Crippen LogP contribution in [0.2, 0.25) is 0 Å². The van der Waals surface area contributed by atoms with E-state index in [0.29, 0.717) is 11.6 Å². The Hall–Kier alpha value is -1.83. The highest BCUT2D eigenvalue weighted by atomic mass is 19.1. The van der Waals surface area contributed by atoms with Crippen molar-refractivity contribution >= 4 is 5.69 Å². The number of para-hydroxylation sites is 1. The minimum Gasteiger partial charge on any atom is -0.382 e. The number of aryl methyl sites for hydroxylation is 1. The molecule has 0 saturated carbocycles. The van der Waals surface area contributed by atoms with E-state index in [1.165, 1.54) is 11.3 Å².